The van der Waals surface area contributed by atoms with Crippen molar-refractivity contribution in [2.75, 3.05) is 0 Å². The van der Waals surface area contributed by atoms with Gasteiger partial charge in [-0.05, 0) is 69.6 Å². The van der Waals surface area contributed by atoms with E-state index >= 15 is 0 Å². The molecular weight excluding hydrogens is 657 g/mol. The van der Waals surface area contributed by atoms with Crippen LogP contribution in [-0.2, 0) is 0 Å². The maximum Gasteiger partial charge on any atom is 0.165 e. The molecule has 0 saturated carbocycles. The quantitative estimate of drug-likeness (QED) is 0.174. The molecule has 2 aromatic heterocycles. The SMILES string of the molecule is C[C@H]1CC=CC=C1c1nc(-c2ccccc2)nc(-c2c(-c3ccc(-c4ccc5c6ccccc6n(-c6ccccc6)c5c4)cc3)ccc3ccccc23)n1. The van der Waals surface area contributed by atoms with Crippen molar-refractivity contribution in [3.05, 3.63) is 188 Å². The fraction of sp³-hybridized carbons (Fsp3) is 0.0600. The predicted octanol–water partition coefficient (Wildman–Crippen LogP) is 12.8. The van der Waals surface area contributed by atoms with Crippen molar-refractivity contribution in [3.8, 4) is 50.7 Å². The molecule has 0 N–H and O–H groups in total. The third-order valence-corrected chi connectivity index (χ3v) is 10.7. The third kappa shape index (κ3) is 5.51. The molecule has 256 valence electrons. The number of allylic oxidation sites excluding steroid dienone is 4. The third-order valence-electron chi connectivity index (χ3n) is 10.7. The first-order chi connectivity index (χ1) is 26.7. The van der Waals surface area contributed by atoms with Gasteiger partial charge in [-0.3, -0.25) is 0 Å². The van der Waals surface area contributed by atoms with Crippen LogP contribution in [0.15, 0.2) is 182 Å². The molecule has 0 fully saturated rings. The highest BCUT2D eigenvalue weighted by molar-refractivity contribution is 6.10. The Morgan fingerprint density at radius 1 is 0.500 bits per heavy atom. The van der Waals surface area contributed by atoms with Gasteiger partial charge in [-0.15, -0.1) is 0 Å². The second kappa shape index (κ2) is 13.3. The highest BCUT2D eigenvalue weighted by Gasteiger charge is 2.22. The number of hydrogen-bond donors (Lipinski definition) is 0. The van der Waals surface area contributed by atoms with Gasteiger partial charge in [-0.1, -0.05) is 165 Å². The van der Waals surface area contributed by atoms with Gasteiger partial charge < -0.3 is 4.57 Å². The summed E-state index contributed by atoms with van der Waals surface area (Å²) in [5, 5.41) is 4.76. The normalized spacial score (nSPS) is 14.2. The van der Waals surface area contributed by atoms with Crippen LogP contribution in [0.1, 0.15) is 19.2 Å². The number of para-hydroxylation sites is 2. The molecule has 7 aromatic carbocycles. The highest BCUT2D eigenvalue weighted by atomic mass is 15.0. The Labute approximate surface area is 314 Å². The van der Waals surface area contributed by atoms with E-state index in [2.05, 4.69) is 175 Å². The van der Waals surface area contributed by atoms with Crippen molar-refractivity contribution in [2.45, 2.75) is 13.3 Å². The predicted molar refractivity (Wildman–Crippen MR) is 224 cm³/mol. The number of rotatable bonds is 6. The van der Waals surface area contributed by atoms with E-state index < -0.39 is 0 Å². The molecule has 1 atom stereocenters. The van der Waals surface area contributed by atoms with Gasteiger partial charge in [0.15, 0.2) is 17.5 Å². The van der Waals surface area contributed by atoms with Crippen LogP contribution in [0.3, 0.4) is 0 Å². The maximum absolute atomic E-state index is 5.26. The average molecular weight is 693 g/mol. The van der Waals surface area contributed by atoms with Crippen LogP contribution in [0.5, 0.6) is 0 Å². The Bertz CT molecular complexity index is 2900. The summed E-state index contributed by atoms with van der Waals surface area (Å²) < 4.78 is 2.37. The summed E-state index contributed by atoms with van der Waals surface area (Å²) in [4.78, 5) is 15.5. The second-order valence-electron chi connectivity index (χ2n) is 14.1. The van der Waals surface area contributed by atoms with Gasteiger partial charge >= 0.3 is 0 Å². The first kappa shape index (κ1) is 31.8. The largest absolute Gasteiger partial charge is 0.309 e. The van der Waals surface area contributed by atoms with Crippen molar-refractivity contribution < 1.29 is 0 Å². The van der Waals surface area contributed by atoms with Crippen molar-refractivity contribution in [2.24, 2.45) is 5.92 Å². The molecule has 0 spiro atoms. The van der Waals surface area contributed by atoms with Crippen LogP contribution in [0.2, 0.25) is 0 Å². The lowest BCUT2D eigenvalue weighted by Gasteiger charge is -2.19. The van der Waals surface area contributed by atoms with E-state index in [4.69, 9.17) is 15.0 Å². The van der Waals surface area contributed by atoms with Gasteiger partial charge in [0.05, 0.1) is 11.0 Å². The van der Waals surface area contributed by atoms with Crippen molar-refractivity contribution in [1.29, 1.82) is 0 Å². The average Bonchev–Trinajstić information content (AvgIpc) is 3.57. The lowest BCUT2D eigenvalue weighted by molar-refractivity contribution is 0.747. The Hall–Kier alpha value is -6.91. The molecule has 0 amide bonds. The Kier molecular flexibility index (Phi) is 7.80. The van der Waals surface area contributed by atoms with Crippen LogP contribution in [0.25, 0.3) is 88.9 Å². The molecule has 0 aliphatic heterocycles. The van der Waals surface area contributed by atoms with Crippen LogP contribution in [0, 0.1) is 5.92 Å². The van der Waals surface area contributed by atoms with E-state index in [1.165, 1.54) is 27.4 Å². The number of hydrogen-bond acceptors (Lipinski definition) is 3. The van der Waals surface area contributed by atoms with Gasteiger partial charge in [0.25, 0.3) is 0 Å². The molecule has 4 nitrogen and oxygen atoms in total. The molecule has 4 heteroatoms. The number of aromatic nitrogens is 4. The minimum atomic E-state index is 0.307. The Balaban J connectivity index is 1.12. The first-order valence-corrected chi connectivity index (χ1v) is 18.6. The molecule has 2 heterocycles. The minimum absolute atomic E-state index is 0.307. The molecule has 1 aliphatic rings. The van der Waals surface area contributed by atoms with Gasteiger partial charge in [0.1, 0.15) is 0 Å². The molecule has 54 heavy (non-hydrogen) atoms. The number of fused-ring (bicyclic) bond motifs is 4. The highest BCUT2D eigenvalue weighted by Crippen LogP contribution is 2.40. The van der Waals surface area contributed by atoms with Gasteiger partial charge in [-0.25, -0.2) is 15.0 Å². The molecule has 0 bridgehead atoms. The summed E-state index contributed by atoms with van der Waals surface area (Å²) in [6.07, 6.45) is 7.44. The van der Waals surface area contributed by atoms with E-state index in [0.717, 1.165) is 62.1 Å². The van der Waals surface area contributed by atoms with Crippen molar-refractivity contribution in [1.82, 2.24) is 19.5 Å². The first-order valence-electron chi connectivity index (χ1n) is 18.6. The van der Waals surface area contributed by atoms with Gasteiger partial charge in [0.2, 0.25) is 0 Å². The summed E-state index contributed by atoms with van der Waals surface area (Å²) in [6.45, 7) is 2.24. The second-order valence-corrected chi connectivity index (χ2v) is 14.1. The molecular formula is C50H36N4. The lowest BCUT2D eigenvalue weighted by atomic mass is 9.91. The maximum atomic E-state index is 5.26. The molecule has 0 unspecified atom stereocenters. The van der Waals surface area contributed by atoms with Crippen molar-refractivity contribution >= 4 is 38.2 Å². The van der Waals surface area contributed by atoms with Crippen LogP contribution < -0.4 is 0 Å². The molecule has 0 saturated heterocycles. The van der Waals surface area contributed by atoms with Gasteiger partial charge in [0, 0.05) is 33.2 Å². The Morgan fingerprint density at radius 3 is 1.96 bits per heavy atom. The summed E-state index contributed by atoms with van der Waals surface area (Å²) >= 11 is 0. The number of benzene rings is 7. The molecule has 1 aliphatic carbocycles. The summed E-state index contributed by atoms with van der Waals surface area (Å²) in [6, 6.07) is 58.2. The standard InChI is InChI=1S/C50H36N4/c1-33-14-8-10-20-40(33)49-51-48(37-16-4-2-5-17-37)52-50(53-49)47-41-21-11-9-15-35(41)28-30-42(47)36-26-24-34(25-27-36)38-29-31-44-43-22-12-13-23-45(43)54(46(44)32-38)39-18-6-3-7-19-39/h2-13,15-33H,14H2,1H3/t33-/m0/s1. The summed E-state index contributed by atoms with van der Waals surface area (Å²) in [7, 11) is 0. The monoisotopic (exact) mass is 692 g/mol. The van der Waals surface area contributed by atoms with Gasteiger partial charge in [-0.2, -0.15) is 0 Å². The van der Waals surface area contributed by atoms with Crippen LogP contribution in [0.4, 0.5) is 0 Å². The lowest BCUT2D eigenvalue weighted by Crippen LogP contribution is -2.08. The van der Waals surface area contributed by atoms with E-state index in [-0.39, 0.29) is 0 Å². The van der Waals surface area contributed by atoms with E-state index in [1.54, 1.807) is 0 Å². The van der Waals surface area contributed by atoms with E-state index in [0.29, 0.717) is 17.6 Å². The summed E-state index contributed by atoms with van der Waals surface area (Å²) in [5.74, 6) is 2.39. The Morgan fingerprint density at radius 2 is 1.15 bits per heavy atom. The minimum Gasteiger partial charge on any atom is -0.309 e. The summed E-state index contributed by atoms with van der Waals surface area (Å²) in [5.41, 5.74) is 11.2. The smallest absolute Gasteiger partial charge is 0.165 e. The van der Waals surface area contributed by atoms with Crippen LogP contribution >= 0.6 is 0 Å². The fourth-order valence-corrected chi connectivity index (χ4v) is 7.97. The van der Waals surface area contributed by atoms with Crippen LogP contribution in [-0.4, -0.2) is 19.5 Å². The number of nitrogens with zero attached hydrogens (tertiary/aromatic N) is 4. The fourth-order valence-electron chi connectivity index (χ4n) is 7.97. The zero-order chi connectivity index (χ0) is 36.0. The zero-order valence-corrected chi connectivity index (χ0v) is 29.9. The molecule has 0 radical (unpaired) electrons. The molecule has 10 rings (SSSR count). The van der Waals surface area contributed by atoms with E-state index in [9.17, 15) is 0 Å². The zero-order valence-electron chi connectivity index (χ0n) is 29.9. The molecule has 9 aromatic rings. The topological polar surface area (TPSA) is 43.6 Å². The van der Waals surface area contributed by atoms with E-state index in [1.807, 2.05) is 18.2 Å². The van der Waals surface area contributed by atoms with Crippen molar-refractivity contribution in [3.63, 3.8) is 0 Å².